The molecule has 5 nitrogen and oxygen atoms in total. The highest BCUT2D eigenvalue weighted by atomic mass is 16.5. The molecule has 1 heterocycles. The van der Waals surface area contributed by atoms with E-state index in [-0.39, 0.29) is 0 Å². The highest BCUT2D eigenvalue weighted by Crippen LogP contribution is 2.17. The molecule has 0 aromatic heterocycles. The van der Waals surface area contributed by atoms with E-state index in [1.165, 1.54) is 0 Å². The van der Waals surface area contributed by atoms with Gasteiger partial charge in [-0.3, -0.25) is 4.79 Å². The van der Waals surface area contributed by atoms with Crippen LogP contribution in [0.3, 0.4) is 0 Å². The maximum atomic E-state index is 11.3. The first kappa shape index (κ1) is 17.4. The number of piperidine rings is 1. The largest absolute Gasteiger partial charge is 0.480 e. The van der Waals surface area contributed by atoms with Crippen molar-refractivity contribution in [2.75, 3.05) is 33.3 Å². The fraction of sp³-hybridized carbons (Fsp3) is 0.933. The van der Waals surface area contributed by atoms with Gasteiger partial charge < -0.3 is 20.1 Å². The third-order valence-electron chi connectivity index (χ3n) is 4.31. The summed E-state index contributed by atoms with van der Waals surface area (Å²) < 4.78 is 5.36. The lowest BCUT2D eigenvalue weighted by Crippen LogP contribution is -2.49. The lowest BCUT2D eigenvalue weighted by Gasteiger charge is -2.31. The number of carboxylic acid groups (broad SMARTS) is 1. The van der Waals surface area contributed by atoms with Crippen LogP contribution in [0.5, 0.6) is 0 Å². The second-order valence-corrected chi connectivity index (χ2v) is 5.90. The minimum absolute atomic E-state index is 0.426. The molecule has 20 heavy (non-hydrogen) atoms. The summed E-state index contributed by atoms with van der Waals surface area (Å²) >= 11 is 0. The van der Waals surface area contributed by atoms with Crippen LogP contribution in [-0.4, -0.2) is 60.9 Å². The normalized spacial score (nSPS) is 20.8. The number of aliphatic carboxylic acids is 1. The van der Waals surface area contributed by atoms with Crippen molar-refractivity contribution in [2.24, 2.45) is 0 Å². The van der Waals surface area contributed by atoms with Crippen molar-refractivity contribution in [3.8, 4) is 0 Å². The zero-order valence-corrected chi connectivity index (χ0v) is 13.2. The zero-order chi connectivity index (χ0) is 15.0. The molecule has 0 saturated carbocycles. The second-order valence-electron chi connectivity index (χ2n) is 5.90. The van der Waals surface area contributed by atoms with Crippen LogP contribution in [0.1, 0.15) is 46.0 Å². The Balaban J connectivity index is 2.19. The van der Waals surface area contributed by atoms with Gasteiger partial charge in [0.2, 0.25) is 0 Å². The number of hydrogen-bond acceptors (Lipinski definition) is 4. The van der Waals surface area contributed by atoms with Gasteiger partial charge in [-0.25, -0.2) is 0 Å². The molecule has 0 aromatic rings. The van der Waals surface area contributed by atoms with Gasteiger partial charge >= 0.3 is 5.97 Å². The van der Waals surface area contributed by atoms with E-state index >= 15 is 0 Å². The van der Waals surface area contributed by atoms with Gasteiger partial charge in [0, 0.05) is 20.2 Å². The predicted molar refractivity (Wildman–Crippen MR) is 80.0 cm³/mol. The molecule has 2 N–H and O–H groups in total. The predicted octanol–water partition coefficient (Wildman–Crippen LogP) is 1.72. The molecule has 1 fully saturated rings. The molecule has 0 aliphatic carbocycles. The summed E-state index contributed by atoms with van der Waals surface area (Å²) in [5.74, 6) is -0.750. The van der Waals surface area contributed by atoms with Gasteiger partial charge in [0.1, 0.15) is 5.54 Å². The van der Waals surface area contributed by atoms with Gasteiger partial charge in [-0.1, -0.05) is 6.92 Å². The van der Waals surface area contributed by atoms with Crippen LogP contribution in [0.25, 0.3) is 0 Å². The number of likely N-dealkylation sites (N-methyl/N-ethyl adjacent to an activating group) is 1. The quantitative estimate of drug-likeness (QED) is 0.632. The summed E-state index contributed by atoms with van der Waals surface area (Å²) in [6, 6.07) is 0. The second kappa shape index (κ2) is 8.60. The van der Waals surface area contributed by atoms with E-state index in [0.29, 0.717) is 19.1 Å². The van der Waals surface area contributed by atoms with Gasteiger partial charge in [0.15, 0.2) is 0 Å². The summed E-state index contributed by atoms with van der Waals surface area (Å²) in [7, 11) is 1.79. The van der Waals surface area contributed by atoms with Crippen LogP contribution in [0.4, 0.5) is 0 Å². The van der Waals surface area contributed by atoms with Crippen molar-refractivity contribution in [3.05, 3.63) is 0 Å². The van der Waals surface area contributed by atoms with Crippen LogP contribution in [0, 0.1) is 0 Å². The molecule has 1 rings (SSSR count). The molecule has 0 amide bonds. The Labute approximate surface area is 122 Å². The minimum Gasteiger partial charge on any atom is -0.480 e. The van der Waals surface area contributed by atoms with Gasteiger partial charge in [-0.15, -0.1) is 0 Å². The molecule has 0 bridgehead atoms. The van der Waals surface area contributed by atoms with Crippen molar-refractivity contribution < 1.29 is 14.6 Å². The van der Waals surface area contributed by atoms with Gasteiger partial charge in [-0.05, 0) is 52.1 Å². The van der Waals surface area contributed by atoms with Gasteiger partial charge in [-0.2, -0.15) is 0 Å². The number of likely N-dealkylation sites (tertiary alicyclic amines) is 1. The van der Waals surface area contributed by atoms with E-state index in [0.717, 1.165) is 45.3 Å². The first-order valence-electron chi connectivity index (χ1n) is 7.75. The summed E-state index contributed by atoms with van der Waals surface area (Å²) in [5, 5.41) is 12.4. The monoisotopic (exact) mass is 286 g/mol. The Morgan fingerprint density at radius 1 is 1.40 bits per heavy atom. The maximum absolute atomic E-state index is 11.3. The Kier molecular flexibility index (Phi) is 7.48. The van der Waals surface area contributed by atoms with Crippen LogP contribution in [0.15, 0.2) is 0 Å². The van der Waals surface area contributed by atoms with Crippen molar-refractivity contribution in [3.63, 3.8) is 0 Å². The van der Waals surface area contributed by atoms with Crippen LogP contribution in [-0.2, 0) is 9.53 Å². The standard InChI is InChI=1S/C15H30N2O3/c1-4-16-15(2,14(18)19)9-5-6-10-17-11-7-13(20-3)8-12-17/h13,16H,4-12H2,1-3H3,(H,18,19). The van der Waals surface area contributed by atoms with E-state index in [9.17, 15) is 9.90 Å². The number of unbranched alkanes of at least 4 members (excludes halogenated alkanes) is 1. The lowest BCUT2D eigenvalue weighted by atomic mass is 9.94. The first-order chi connectivity index (χ1) is 9.51. The van der Waals surface area contributed by atoms with E-state index in [4.69, 9.17) is 4.74 Å². The molecular formula is C15H30N2O3. The van der Waals surface area contributed by atoms with Crippen LogP contribution < -0.4 is 5.32 Å². The number of nitrogens with zero attached hydrogens (tertiary/aromatic N) is 1. The Morgan fingerprint density at radius 3 is 2.55 bits per heavy atom. The molecule has 0 spiro atoms. The highest BCUT2D eigenvalue weighted by molar-refractivity contribution is 5.78. The summed E-state index contributed by atoms with van der Waals surface area (Å²) in [6.45, 7) is 7.68. The van der Waals surface area contributed by atoms with E-state index in [2.05, 4.69) is 10.2 Å². The summed E-state index contributed by atoms with van der Waals surface area (Å²) in [5.41, 5.74) is -0.780. The molecule has 0 radical (unpaired) electrons. The number of methoxy groups -OCH3 is 1. The fourth-order valence-corrected chi connectivity index (χ4v) is 2.84. The number of carbonyl (C=O) groups is 1. The SMILES string of the molecule is CCNC(C)(CCCCN1CCC(OC)CC1)C(=O)O. The van der Waals surface area contributed by atoms with Crippen molar-refractivity contribution >= 4 is 5.97 Å². The molecule has 1 atom stereocenters. The molecule has 118 valence electrons. The Bertz CT molecular complexity index is 291. The Morgan fingerprint density at radius 2 is 2.05 bits per heavy atom. The molecule has 1 unspecified atom stereocenters. The summed E-state index contributed by atoms with van der Waals surface area (Å²) in [4.78, 5) is 13.7. The zero-order valence-electron chi connectivity index (χ0n) is 13.2. The van der Waals surface area contributed by atoms with E-state index in [1.807, 2.05) is 6.92 Å². The van der Waals surface area contributed by atoms with Crippen LogP contribution >= 0.6 is 0 Å². The minimum atomic E-state index is -0.780. The topological polar surface area (TPSA) is 61.8 Å². The highest BCUT2D eigenvalue weighted by Gasteiger charge is 2.31. The number of nitrogens with one attached hydrogen (secondary N) is 1. The molecule has 0 aromatic carbocycles. The summed E-state index contributed by atoms with van der Waals surface area (Å²) in [6.07, 6.45) is 5.34. The molecule has 1 aliphatic rings. The number of hydrogen-bond donors (Lipinski definition) is 2. The van der Waals surface area contributed by atoms with E-state index in [1.54, 1.807) is 14.0 Å². The smallest absolute Gasteiger partial charge is 0.323 e. The number of ether oxygens (including phenoxy) is 1. The third kappa shape index (κ3) is 5.38. The van der Waals surface area contributed by atoms with Gasteiger partial charge in [0.05, 0.1) is 6.10 Å². The molecule has 1 aliphatic heterocycles. The van der Waals surface area contributed by atoms with Crippen molar-refractivity contribution in [2.45, 2.75) is 57.6 Å². The number of rotatable bonds is 9. The van der Waals surface area contributed by atoms with Crippen LogP contribution in [0.2, 0.25) is 0 Å². The molecule has 1 saturated heterocycles. The van der Waals surface area contributed by atoms with Gasteiger partial charge in [0.25, 0.3) is 0 Å². The van der Waals surface area contributed by atoms with Crippen molar-refractivity contribution in [1.82, 2.24) is 10.2 Å². The fourth-order valence-electron chi connectivity index (χ4n) is 2.84. The lowest BCUT2D eigenvalue weighted by molar-refractivity contribution is -0.144. The molecule has 5 heteroatoms. The van der Waals surface area contributed by atoms with E-state index < -0.39 is 11.5 Å². The average molecular weight is 286 g/mol. The maximum Gasteiger partial charge on any atom is 0.323 e. The molecular weight excluding hydrogens is 256 g/mol. The average Bonchev–Trinajstić information content (AvgIpc) is 2.44. The van der Waals surface area contributed by atoms with Crippen molar-refractivity contribution in [1.29, 1.82) is 0 Å². The third-order valence-corrected chi connectivity index (χ3v) is 4.31. The first-order valence-corrected chi connectivity index (χ1v) is 7.75. The number of carboxylic acids is 1. The Hall–Kier alpha value is -0.650.